The predicted octanol–water partition coefficient (Wildman–Crippen LogP) is 3.02. The molecule has 2 aromatic rings. The van der Waals surface area contributed by atoms with Gasteiger partial charge in [-0.05, 0) is 59.0 Å². The molecule has 2 atom stereocenters. The van der Waals surface area contributed by atoms with Crippen molar-refractivity contribution in [2.75, 3.05) is 23.0 Å². The summed E-state index contributed by atoms with van der Waals surface area (Å²) in [4.78, 5) is 8.84. The molecule has 0 aliphatic carbocycles. The number of aliphatic hydroxyl groups is 1. The smallest absolute Gasteiger partial charge is 0.229 e. The van der Waals surface area contributed by atoms with Crippen LogP contribution in [0.2, 0.25) is 25.7 Å². The van der Waals surface area contributed by atoms with E-state index < -0.39 is 27.8 Å². The maximum atomic E-state index is 12.9. The van der Waals surface area contributed by atoms with Crippen LogP contribution in [0, 0.1) is 0 Å². The van der Waals surface area contributed by atoms with Gasteiger partial charge in [0.15, 0.2) is 0 Å². The highest BCUT2D eigenvalue weighted by Gasteiger charge is 2.22. The minimum absolute atomic E-state index is 0.0487. The molecule has 0 saturated carbocycles. The number of nitrogens with zero attached hydrogens (tertiary/aromatic N) is 2. The van der Waals surface area contributed by atoms with Gasteiger partial charge >= 0.3 is 0 Å². The van der Waals surface area contributed by atoms with Crippen molar-refractivity contribution < 1.29 is 17.7 Å². The zero-order valence-corrected chi connectivity index (χ0v) is 22.8. The number of rotatable bonds is 11. The first-order chi connectivity index (χ1) is 14.7. The first-order valence-corrected chi connectivity index (χ1v) is 17.7. The van der Waals surface area contributed by atoms with Crippen molar-refractivity contribution >= 4 is 67.1 Å². The first kappa shape index (κ1) is 26.7. The fraction of sp³-hybridized carbons (Fsp3) is 0.421. The monoisotopic (exact) mass is 563 g/mol. The minimum Gasteiger partial charge on any atom is -0.394 e. The van der Waals surface area contributed by atoms with Crippen molar-refractivity contribution in [3.63, 3.8) is 0 Å². The van der Waals surface area contributed by atoms with Crippen molar-refractivity contribution in [3.05, 3.63) is 34.9 Å². The van der Waals surface area contributed by atoms with E-state index in [1.807, 2.05) is 6.92 Å². The average Bonchev–Trinajstić information content (AvgIpc) is 2.68. The lowest BCUT2D eigenvalue weighted by molar-refractivity contribution is 0.281. The Labute approximate surface area is 199 Å². The summed E-state index contributed by atoms with van der Waals surface area (Å²) in [5.74, 6) is 4.38. The fourth-order valence-corrected chi connectivity index (χ4v) is 9.19. The molecule has 9 nitrogen and oxygen atoms in total. The summed E-state index contributed by atoms with van der Waals surface area (Å²) in [5.41, 5.74) is 0.619. The Bertz CT molecular complexity index is 1140. The van der Waals surface area contributed by atoms with E-state index in [4.69, 9.17) is 0 Å². The fourth-order valence-electron chi connectivity index (χ4n) is 2.43. The predicted molar refractivity (Wildman–Crippen MR) is 138 cm³/mol. The molecule has 0 spiro atoms. The second-order valence-corrected chi connectivity index (χ2v) is 19.3. The molecule has 2 rings (SSSR count). The van der Waals surface area contributed by atoms with Crippen LogP contribution in [0.5, 0.6) is 0 Å². The number of halogens is 1. The van der Waals surface area contributed by atoms with E-state index in [1.54, 1.807) is 30.5 Å². The molecule has 1 heterocycles. The standard InChI is InChI=1S/C19H30BrN5O4S2Si/c1-14(13-26)22-18-17(20)12-21-19(24-18)23-15-6-8-16(9-7-15)30(2,27)25-31(28,29)10-11-32(3,4)5/h6-9,12,14,26H,2,10-11,13H2,1,3-5H3,(H,25,27)(H2,21,22,23,24)/t14-,30?/m1/s1. The molecular formula is C19H30BrN5O4S2Si. The number of aliphatic hydroxyl groups excluding tert-OH is 1. The van der Waals surface area contributed by atoms with E-state index >= 15 is 0 Å². The van der Waals surface area contributed by atoms with Crippen LogP contribution in [0.25, 0.3) is 0 Å². The molecule has 0 aliphatic rings. The third-order valence-electron chi connectivity index (χ3n) is 4.27. The molecular weight excluding hydrogens is 534 g/mol. The van der Waals surface area contributed by atoms with Crippen LogP contribution in [-0.4, -0.2) is 60.0 Å². The summed E-state index contributed by atoms with van der Waals surface area (Å²) in [5, 5.41) is 15.3. The van der Waals surface area contributed by atoms with E-state index in [-0.39, 0.29) is 23.3 Å². The number of hydrogen-bond acceptors (Lipinski definition) is 8. The van der Waals surface area contributed by atoms with Crippen LogP contribution in [-0.2, 0) is 19.7 Å². The Morgan fingerprint density at radius 2 is 1.81 bits per heavy atom. The topological polar surface area (TPSA) is 133 Å². The van der Waals surface area contributed by atoms with Crippen molar-refractivity contribution in [1.82, 2.24) is 14.1 Å². The molecule has 0 bridgehead atoms. The Hall–Kier alpha value is -1.51. The van der Waals surface area contributed by atoms with Gasteiger partial charge in [0.2, 0.25) is 16.0 Å². The van der Waals surface area contributed by atoms with Crippen LogP contribution < -0.4 is 14.8 Å². The number of nitrogens with one attached hydrogen (secondary N) is 3. The molecule has 1 aromatic carbocycles. The molecule has 32 heavy (non-hydrogen) atoms. The van der Waals surface area contributed by atoms with Crippen LogP contribution in [0.4, 0.5) is 17.5 Å². The van der Waals surface area contributed by atoms with Gasteiger partial charge in [0, 0.05) is 30.9 Å². The second-order valence-electron chi connectivity index (χ2n) is 8.66. The lowest BCUT2D eigenvalue weighted by atomic mass is 10.3. The van der Waals surface area contributed by atoms with Crippen LogP contribution in [0.15, 0.2) is 39.8 Å². The number of anilines is 3. The number of sulfonamides is 1. The molecule has 0 saturated heterocycles. The average molecular weight is 565 g/mol. The van der Waals surface area contributed by atoms with Gasteiger partial charge in [-0.25, -0.2) is 17.6 Å². The second kappa shape index (κ2) is 10.6. The highest BCUT2D eigenvalue weighted by molar-refractivity contribution is 9.10. The molecule has 4 N–H and O–H groups in total. The van der Waals surface area contributed by atoms with E-state index in [9.17, 15) is 17.7 Å². The van der Waals surface area contributed by atoms with Gasteiger partial charge in [0.1, 0.15) is 5.82 Å². The summed E-state index contributed by atoms with van der Waals surface area (Å²) < 4.78 is 40.6. The van der Waals surface area contributed by atoms with E-state index in [1.165, 1.54) is 0 Å². The van der Waals surface area contributed by atoms with Gasteiger partial charge in [-0.1, -0.05) is 19.6 Å². The van der Waals surface area contributed by atoms with Crippen molar-refractivity contribution in [2.45, 2.75) is 43.5 Å². The lowest BCUT2D eigenvalue weighted by Gasteiger charge is -2.17. The molecule has 0 radical (unpaired) electrons. The van der Waals surface area contributed by atoms with Crippen LogP contribution >= 0.6 is 15.9 Å². The minimum atomic E-state index is -3.72. The third-order valence-corrected chi connectivity index (χ3v) is 10.8. The molecule has 1 unspecified atom stereocenters. The van der Waals surface area contributed by atoms with E-state index in [0.29, 0.717) is 28.0 Å². The SMILES string of the molecule is C=S(=O)(NS(=O)(=O)CC[Si](C)(C)C)c1ccc(Nc2ncc(Br)c(N[C@H](C)CO)n2)cc1. The van der Waals surface area contributed by atoms with Crippen LogP contribution in [0.3, 0.4) is 0 Å². The van der Waals surface area contributed by atoms with Gasteiger partial charge in [0.25, 0.3) is 0 Å². The number of benzene rings is 1. The van der Waals surface area contributed by atoms with E-state index in [2.05, 4.69) is 66.2 Å². The third kappa shape index (κ3) is 8.44. The summed E-state index contributed by atoms with van der Waals surface area (Å²) in [6, 6.07) is 6.77. The van der Waals surface area contributed by atoms with Crippen LogP contribution in [0.1, 0.15) is 6.92 Å². The Balaban J connectivity index is 2.12. The molecule has 13 heteroatoms. The Morgan fingerprint density at radius 3 is 2.38 bits per heavy atom. The van der Waals surface area contributed by atoms with Gasteiger partial charge in [-0.2, -0.15) is 4.98 Å². The van der Waals surface area contributed by atoms with Gasteiger partial charge in [-0.15, -0.1) is 4.13 Å². The summed E-state index contributed by atoms with van der Waals surface area (Å²) >= 11 is 3.36. The molecule has 0 fully saturated rings. The first-order valence-electron chi connectivity index (χ1n) is 9.86. The maximum Gasteiger partial charge on any atom is 0.229 e. The normalized spacial score (nSPS) is 15.1. The highest BCUT2D eigenvalue weighted by Crippen LogP contribution is 2.23. The highest BCUT2D eigenvalue weighted by atomic mass is 79.9. The zero-order chi connectivity index (χ0) is 24.2. The number of hydrogen-bond donors (Lipinski definition) is 4. The Kier molecular flexibility index (Phi) is 8.87. The summed E-state index contributed by atoms with van der Waals surface area (Å²) in [6.45, 7) is 8.01. The van der Waals surface area contributed by atoms with Gasteiger partial charge < -0.3 is 15.7 Å². The van der Waals surface area contributed by atoms with Gasteiger partial charge in [0.05, 0.1) is 26.5 Å². The quantitative estimate of drug-likeness (QED) is 0.242. The molecule has 0 aliphatic heterocycles. The van der Waals surface area contributed by atoms with Crippen molar-refractivity contribution in [2.24, 2.45) is 0 Å². The maximum absolute atomic E-state index is 12.9. The lowest BCUT2D eigenvalue weighted by Crippen LogP contribution is -2.35. The van der Waals surface area contributed by atoms with Gasteiger partial charge in [-0.3, -0.25) is 0 Å². The molecule has 0 amide bonds. The largest absolute Gasteiger partial charge is 0.394 e. The zero-order valence-electron chi connectivity index (χ0n) is 18.6. The van der Waals surface area contributed by atoms with Crippen molar-refractivity contribution in [3.8, 4) is 0 Å². The van der Waals surface area contributed by atoms with E-state index in [0.717, 1.165) is 0 Å². The molecule has 1 aromatic heterocycles. The summed E-state index contributed by atoms with van der Waals surface area (Å²) in [6.07, 6.45) is 1.58. The number of aromatic nitrogens is 2. The molecule has 178 valence electrons. The summed E-state index contributed by atoms with van der Waals surface area (Å²) in [7, 11) is -8.50. The van der Waals surface area contributed by atoms with Crippen molar-refractivity contribution in [1.29, 1.82) is 0 Å². The Morgan fingerprint density at radius 1 is 1.19 bits per heavy atom.